The average Bonchev–Trinajstić information content (AvgIpc) is 2.76. The van der Waals surface area contributed by atoms with Crippen LogP contribution in [0.25, 0.3) is 0 Å². The van der Waals surface area contributed by atoms with E-state index in [1.165, 1.54) is 16.7 Å². The number of rotatable bonds is 10. The zero-order chi connectivity index (χ0) is 20.5. The van der Waals surface area contributed by atoms with Gasteiger partial charge in [0, 0.05) is 18.2 Å². The Hall–Kier alpha value is -2.78. The van der Waals surface area contributed by atoms with E-state index in [1.807, 2.05) is 24.3 Å². The van der Waals surface area contributed by atoms with Gasteiger partial charge in [0.25, 0.3) is 0 Å². The molecule has 0 saturated heterocycles. The summed E-state index contributed by atoms with van der Waals surface area (Å²) in [7, 11) is 1.69. The molecule has 3 nitrogen and oxygen atoms in total. The number of methoxy groups -OCH3 is 1. The summed E-state index contributed by atoms with van der Waals surface area (Å²) in [6.07, 6.45) is 2.16. The van der Waals surface area contributed by atoms with Crippen molar-refractivity contribution < 1.29 is 9.47 Å². The summed E-state index contributed by atoms with van der Waals surface area (Å²) in [6, 6.07) is 25.4. The molecule has 0 aromatic heterocycles. The van der Waals surface area contributed by atoms with E-state index in [9.17, 15) is 0 Å². The third-order valence-corrected chi connectivity index (χ3v) is 5.26. The van der Waals surface area contributed by atoms with E-state index in [2.05, 4.69) is 67.7 Å². The second kappa shape index (κ2) is 10.7. The van der Waals surface area contributed by atoms with Gasteiger partial charge in [-0.15, -0.1) is 0 Å². The quantitative estimate of drug-likeness (QED) is 0.483. The van der Waals surface area contributed by atoms with Gasteiger partial charge in [-0.25, -0.2) is 0 Å². The van der Waals surface area contributed by atoms with Crippen LogP contribution in [-0.4, -0.2) is 13.2 Å². The molecule has 0 amide bonds. The van der Waals surface area contributed by atoms with Crippen molar-refractivity contribution in [2.75, 3.05) is 7.11 Å². The van der Waals surface area contributed by atoms with Gasteiger partial charge in [0.15, 0.2) is 11.5 Å². The smallest absolute Gasteiger partial charge is 0.166 e. The molecule has 1 N–H and O–H groups in total. The van der Waals surface area contributed by atoms with Gasteiger partial charge in [-0.2, -0.15) is 0 Å². The van der Waals surface area contributed by atoms with Gasteiger partial charge in [-0.3, -0.25) is 0 Å². The largest absolute Gasteiger partial charge is 0.493 e. The topological polar surface area (TPSA) is 30.5 Å². The van der Waals surface area contributed by atoms with Crippen molar-refractivity contribution in [3.8, 4) is 11.5 Å². The molecule has 0 aliphatic carbocycles. The molecule has 29 heavy (non-hydrogen) atoms. The second-order valence-electron chi connectivity index (χ2n) is 7.47. The fraction of sp³-hybridized carbons (Fsp3) is 0.308. The van der Waals surface area contributed by atoms with Crippen LogP contribution in [0.4, 0.5) is 0 Å². The minimum Gasteiger partial charge on any atom is -0.493 e. The molecule has 0 aliphatic rings. The molecule has 152 valence electrons. The number of nitrogens with one attached hydrogen (secondary N) is 1. The molecule has 0 spiro atoms. The number of hydrogen-bond donors (Lipinski definition) is 1. The zero-order valence-electron chi connectivity index (χ0n) is 17.7. The van der Waals surface area contributed by atoms with Crippen molar-refractivity contribution in [2.45, 2.75) is 45.9 Å². The maximum atomic E-state index is 6.22. The van der Waals surface area contributed by atoms with Crippen LogP contribution in [-0.2, 0) is 19.6 Å². The predicted molar refractivity (Wildman–Crippen MR) is 120 cm³/mol. The van der Waals surface area contributed by atoms with E-state index in [4.69, 9.17) is 9.47 Å². The van der Waals surface area contributed by atoms with Gasteiger partial charge >= 0.3 is 0 Å². The minimum absolute atomic E-state index is 0.408. The van der Waals surface area contributed by atoms with Crippen LogP contribution in [0.5, 0.6) is 11.5 Å². The van der Waals surface area contributed by atoms with Crippen molar-refractivity contribution in [2.24, 2.45) is 0 Å². The molecule has 0 bridgehead atoms. The van der Waals surface area contributed by atoms with E-state index in [1.54, 1.807) is 7.11 Å². The van der Waals surface area contributed by atoms with Crippen molar-refractivity contribution in [3.63, 3.8) is 0 Å². The van der Waals surface area contributed by atoms with E-state index in [0.29, 0.717) is 12.6 Å². The molecular weight excluding hydrogens is 358 g/mol. The molecule has 0 aliphatic heterocycles. The highest BCUT2D eigenvalue weighted by atomic mass is 16.5. The standard InChI is InChI=1S/C26H31NO2/c1-20-10-7-8-13-24(20)19-29-26-23(14-9-15-25(26)28-3)18-27-21(2)16-17-22-11-5-4-6-12-22/h4-15,21,27H,16-19H2,1-3H3/t21-/m0/s1. The third-order valence-electron chi connectivity index (χ3n) is 5.26. The number of aryl methyl sites for hydroxylation is 2. The lowest BCUT2D eigenvalue weighted by molar-refractivity contribution is 0.279. The van der Waals surface area contributed by atoms with Crippen molar-refractivity contribution in [3.05, 3.63) is 95.1 Å². The van der Waals surface area contributed by atoms with Crippen LogP contribution in [0, 0.1) is 6.92 Å². The monoisotopic (exact) mass is 389 g/mol. The van der Waals surface area contributed by atoms with Gasteiger partial charge < -0.3 is 14.8 Å². The van der Waals surface area contributed by atoms with Crippen LogP contribution in [0.1, 0.15) is 35.6 Å². The van der Waals surface area contributed by atoms with E-state index in [0.717, 1.165) is 36.4 Å². The third kappa shape index (κ3) is 6.10. The summed E-state index contributed by atoms with van der Waals surface area (Å²) >= 11 is 0. The van der Waals surface area contributed by atoms with Gasteiger partial charge in [-0.1, -0.05) is 66.7 Å². The summed E-state index contributed by atoms with van der Waals surface area (Å²) in [5.41, 5.74) is 4.92. The van der Waals surface area contributed by atoms with Gasteiger partial charge in [0.2, 0.25) is 0 Å². The summed E-state index contributed by atoms with van der Waals surface area (Å²) < 4.78 is 11.8. The minimum atomic E-state index is 0.408. The molecule has 3 rings (SSSR count). The van der Waals surface area contributed by atoms with Crippen LogP contribution < -0.4 is 14.8 Å². The fourth-order valence-electron chi connectivity index (χ4n) is 3.36. The Balaban J connectivity index is 1.61. The molecule has 0 fully saturated rings. The normalized spacial score (nSPS) is 11.8. The molecule has 0 radical (unpaired) electrons. The van der Waals surface area contributed by atoms with Crippen molar-refractivity contribution >= 4 is 0 Å². The number of benzene rings is 3. The van der Waals surface area contributed by atoms with Crippen LogP contribution >= 0.6 is 0 Å². The molecule has 3 aromatic carbocycles. The van der Waals surface area contributed by atoms with Gasteiger partial charge in [0.1, 0.15) is 6.61 Å². The highest BCUT2D eigenvalue weighted by Gasteiger charge is 2.12. The Morgan fingerprint density at radius 2 is 1.59 bits per heavy atom. The highest BCUT2D eigenvalue weighted by Crippen LogP contribution is 2.32. The number of para-hydroxylation sites is 1. The van der Waals surface area contributed by atoms with Crippen molar-refractivity contribution in [1.29, 1.82) is 0 Å². The Morgan fingerprint density at radius 1 is 0.862 bits per heavy atom. The lowest BCUT2D eigenvalue weighted by atomic mass is 10.1. The Labute approximate surface area is 174 Å². The second-order valence-corrected chi connectivity index (χ2v) is 7.47. The fourth-order valence-corrected chi connectivity index (χ4v) is 3.36. The van der Waals surface area contributed by atoms with Crippen LogP contribution in [0.2, 0.25) is 0 Å². The maximum absolute atomic E-state index is 6.22. The summed E-state index contributed by atoms with van der Waals surface area (Å²) in [5.74, 6) is 1.59. The molecular formula is C26H31NO2. The first-order chi connectivity index (χ1) is 14.2. The van der Waals surface area contributed by atoms with E-state index in [-0.39, 0.29) is 0 Å². The first kappa shape index (κ1) is 20.9. The number of ether oxygens (including phenoxy) is 2. The molecule has 3 aromatic rings. The van der Waals surface area contributed by atoms with Gasteiger partial charge in [-0.05, 0) is 49.4 Å². The summed E-state index contributed by atoms with van der Waals surface area (Å²) in [4.78, 5) is 0. The van der Waals surface area contributed by atoms with Crippen molar-refractivity contribution in [1.82, 2.24) is 5.32 Å². The first-order valence-electron chi connectivity index (χ1n) is 10.3. The molecule has 0 saturated carbocycles. The summed E-state index contributed by atoms with van der Waals surface area (Å²) in [6.45, 7) is 5.62. The first-order valence-corrected chi connectivity index (χ1v) is 10.3. The molecule has 0 heterocycles. The number of hydrogen-bond acceptors (Lipinski definition) is 3. The Kier molecular flexibility index (Phi) is 7.71. The van der Waals surface area contributed by atoms with Crippen LogP contribution in [0.3, 0.4) is 0 Å². The maximum Gasteiger partial charge on any atom is 0.166 e. The lowest BCUT2D eigenvalue weighted by Crippen LogP contribution is -2.26. The van der Waals surface area contributed by atoms with Crippen LogP contribution in [0.15, 0.2) is 72.8 Å². The average molecular weight is 390 g/mol. The SMILES string of the molecule is COc1cccc(CN[C@@H](C)CCc2ccccc2)c1OCc1ccccc1C. The lowest BCUT2D eigenvalue weighted by Gasteiger charge is -2.18. The molecule has 3 heteroatoms. The molecule has 1 atom stereocenters. The molecule has 0 unspecified atom stereocenters. The van der Waals surface area contributed by atoms with E-state index >= 15 is 0 Å². The Bertz CT molecular complexity index is 892. The van der Waals surface area contributed by atoms with E-state index < -0.39 is 0 Å². The summed E-state index contributed by atoms with van der Waals surface area (Å²) in [5, 5.41) is 3.63. The Morgan fingerprint density at radius 3 is 2.34 bits per heavy atom. The van der Waals surface area contributed by atoms with Gasteiger partial charge in [0.05, 0.1) is 7.11 Å². The zero-order valence-corrected chi connectivity index (χ0v) is 17.7. The highest BCUT2D eigenvalue weighted by molar-refractivity contribution is 5.47. The predicted octanol–water partition coefficient (Wildman–Crippen LogP) is 5.69.